The molecular formula is C22H25F2N5O4. The van der Waals surface area contributed by atoms with E-state index >= 15 is 0 Å². The fourth-order valence-electron chi connectivity index (χ4n) is 4.05. The third kappa shape index (κ3) is 5.47. The van der Waals surface area contributed by atoms with Gasteiger partial charge in [0, 0.05) is 30.9 Å². The molecule has 1 aromatic carbocycles. The van der Waals surface area contributed by atoms with Crippen LogP contribution in [0.2, 0.25) is 0 Å². The number of hydrogen-bond acceptors (Lipinski definition) is 6. The smallest absolute Gasteiger partial charge is 0.325 e. The van der Waals surface area contributed by atoms with Crippen LogP contribution in [0, 0.1) is 11.6 Å². The Kier molecular flexibility index (Phi) is 6.85. The molecule has 2 aliphatic rings. The first-order valence-electron chi connectivity index (χ1n) is 10.8. The van der Waals surface area contributed by atoms with Crippen molar-refractivity contribution in [3.8, 4) is 11.8 Å². The van der Waals surface area contributed by atoms with E-state index in [1.54, 1.807) is 0 Å². The first kappa shape index (κ1) is 22.7. The highest BCUT2D eigenvalue weighted by Gasteiger charge is 2.32. The van der Waals surface area contributed by atoms with E-state index < -0.39 is 17.7 Å². The molecule has 9 nitrogen and oxygen atoms in total. The second-order valence-corrected chi connectivity index (χ2v) is 8.01. The molecule has 1 aliphatic heterocycles. The number of rotatable bonds is 7. The Balaban J connectivity index is 1.22. The molecule has 1 N–H and O–H groups in total. The average Bonchev–Trinajstić information content (AvgIpc) is 3.17. The van der Waals surface area contributed by atoms with Gasteiger partial charge in [0.1, 0.15) is 12.6 Å². The zero-order valence-electron chi connectivity index (χ0n) is 18.2. The number of carbonyl (C=O) groups excluding carboxylic acids is 2. The van der Waals surface area contributed by atoms with Crippen molar-refractivity contribution in [3.63, 3.8) is 0 Å². The lowest BCUT2D eigenvalue weighted by molar-refractivity contribution is -0.122. The summed E-state index contributed by atoms with van der Waals surface area (Å²) >= 11 is 0. The number of hydrogen-bond donors (Lipinski definition) is 1. The molecule has 11 heteroatoms. The summed E-state index contributed by atoms with van der Waals surface area (Å²) in [6, 6.07) is 2.89. The number of halogens is 2. The number of amides is 3. The van der Waals surface area contributed by atoms with Crippen molar-refractivity contribution in [1.29, 1.82) is 0 Å². The number of aromatic nitrogens is 2. The van der Waals surface area contributed by atoms with Crippen molar-refractivity contribution in [2.24, 2.45) is 0 Å². The largest absolute Gasteiger partial charge is 0.480 e. The van der Waals surface area contributed by atoms with Crippen molar-refractivity contribution < 1.29 is 27.8 Å². The molecule has 0 unspecified atom stereocenters. The van der Waals surface area contributed by atoms with E-state index in [-0.39, 0.29) is 30.3 Å². The average molecular weight is 461 g/mol. The number of urea groups is 1. The van der Waals surface area contributed by atoms with E-state index in [4.69, 9.17) is 9.47 Å². The van der Waals surface area contributed by atoms with Gasteiger partial charge < -0.3 is 19.7 Å². The fraction of sp³-hybridized carbons (Fsp3) is 0.455. The second kappa shape index (κ2) is 9.97. The maximum absolute atomic E-state index is 13.5. The van der Waals surface area contributed by atoms with Gasteiger partial charge in [-0.3, -0.25) is 14.7 Å². The van der Waals surface area contributed by atoms with Crippen LogP contribution in [0.1, 0.15) is 25.7 Å². The Morgan fingerprint density at radius 1 is 1.12 bits per heavy atom. The molecule has 1 aromatic heterocycles. The molecule has 0 radical (unpaired) electrons. The number of benzene rings is 1. The van der Waals surface area contributed by atoms with Gasteiger partial charge in [-0.2, -0.15) is 4.98 Å². The minimum absolute atomic E-state index is 0.00579. The van der Waals surface area contributed by atoms with Gasteiger partial charge in [-0.05, 0) is 37.8 Å². The normalized spacial score (nSPS) is 20.6. The summed E-state index contributed by atoms with van der Waals surface area (Å²) in [6.07, 6.45) is 5.98. The Hall–Kier alpha value is -3.50. The van der Waals surface area contributed by atoms with Crippen LogP contribution in [-0.2, 0) is 4.79 Å². The summed E-state index contributed by atoms with van der Waals surface area (Å²) in [6.45, 7) is 0.537. The van der Waals surface area contributed by atoms with Crippen LogP contribution in [0.25, 0.3) is 0 Å². The zero-order chi connectivity index (χ0) is 23.4. The maximum Gasteiger partial charge on any atom is 0.325 e. The first-order valence-corrected chi connectivity index (χ1v) is 10.8. The number of carbonyl (C=O) groups is 2. The molecule has 2 heterocycles. The monoisotopic (exact) mass is 461 g/mol. The number of nitrogens with zero attached hydrogens (tertiary/aromatic N) is 4. The molecule has 176 valence electrons. The lowest BCUT2D eigenvalue weighted by Gasteiger charge is -2.29. The van der Waals surface area contributed by atoms with Crippen LogP contribution in [0.4, 0.5) is 19.3 Å². The van der Waals surface area contributed by atoms with E-state index in [0.29, 0.717) is 24.8 Å². The number of ether oxygens (including phenoxy) is 2. The van der Waals surface area contributed by atoms with Gasteiger partial charge >= 0.3 is 6.03 Å². The van der Waals surface area contributed by atoms with Gasteiger partial charge in [-0.15, -0.1) is 0 Å². The minimum Gasteiger partial charge on any atom is -0.480 e. The van der Waals surface area contributed by atoms with Crippen molar-refractivity contribution in [1.82, 2.24) is 20.2 Å². The van der Waals surface area contributed by atoms with Crippen LogP contribution in [-0.4, -0.2) is 65.7 Å². The van der Waals surface area contributed by atoms with Gasteiger partial charge in [-0.1, -0.05) is 0 Å². The van der Waals surface area contributed by atoms with Crippen LogP contribution >= 0.6 is 0 Å². The highest BCUT2D eigenvalue weighted by atomic mass is 19.2. The van der Waals surface area contributed by atoms with Crippen LogP contribution in [0.15, 0.2) is 30.6 Å². The first-order chi connectivity index (χ1) is 15.9. The summed E-state index contributed by atoms with van der Waals surface area (Å²) in [4.78, 5) is 36.1. The van der Waals surface area contributed by atoms with Crippen LogP contribution in [0.5, 0.6) is 11.8 Å². The molecule has 0 atom stereocenters. The molecule has 1 aliphatic carbocycles. The summed E-state index contributed by atoms with van der Waals surface area (Å²) in [5.41, 5.74) is 0.265. The van der Waals surface area contributed by atoms with Gasteiger partial charge in [0.05, 0.1) is 19.5 Å². The predicted octanol–water partition coefficient (Wildman–Crippen LogP) is 2.51. The molecule has 1 saturated carbocycles. The quantitative estimate of drug-likeness (QED) is 0.681. The van der Waals surface area contributed by atoms with E-state index in [2.05, 4.69) is 15.3 Å². The van der Waals surface area contributed by atoms with Crippen LogP contribution in [0.3, 0.4) is 0 Å². The summed E-state index contributed by atoms with van der Waals surface area (Å²) in [7, 11) is 1.51. The summed E-state index contributed by atoms with van der Waals surface area (Å²) in [5, 5.41) is 2.98. The van der Waals surface area contributed by atoms with Crippen molar-refractivity contribution in [2.75, 3.05) is 31.6 Å². The lowest BCUT2D eigenvalue weighted by Crippen LogP contribution is -2.45. The molecule has 4 rings (SSSR count). The van der Waals surface area contributed by atoms with Gasteiger partial charge in [-0.25, -0.2) is 13.6 Å². The Bertz CT molecular complexity index is 1020. The van der Waals surface area contributed by atoms with E-state index in [1.807, 2.05) is 0 Å². The second-order valence-electron chi connectivity index (χ2n) is 8.01. The van der Waals surface area contributed by atoms with E-state index in [9.17, 15) is 18.4 Å². The molecule has 0 spiro atoms. The van der Waals surface area contributed by atoms with Crippen molar-refractivity contribution >= 4 is 17.6 Å². The van der Waals surface area contributed by atoms with E-state index in [1.165, 1.54) is 35.4 Å². The van der Waals surface area contributed by atoms with Crippen molar-refractivity contribution in [3.05, 3.63) is 42.2 Å². The Labute approximate surface area is 189 Å². The molecular weight excluding hydrogens is 436 g/mol. The molecule has 2 fully saturated rings. The Morgan fingerprint density at radius 2 is 1.88 bits per heavy atom. The van der Waals surface area contributed by atoms with Gasteiger partial charge in [0.25, 0.3) is 0 Å². The fourth-order valence-corrected chi connectivity index (χ4v) is 4.05. The highest BCUT2D eigenvalue weighted by molar-refractivity contribution is 5.96. The van der Waals surface area contributed by atoms with Crippen molar-refractivity contribution in [2.45, 2.75) is 37.8 Å². The van der Waals surface area contributed by atoms with Crippen LogP contribution < -0.4 is 19.7 Å². The number of anilines is 1. The topological polar surface area (TPSA) is 96.9 Å². The molecule has 0 bridgehead atoms. The predicted molar refractivity (Wildman–Crippen MR) is 114 cm³/mol. The maximum atomic E-state index is 13.5. The SMILES string of the molecule is COc1cncc(OC2CCC(NC(=O)CN3CCN(c4ccc(F)c(F)c4)C3=O)CC2)n1. The highest BCUT2D eigenvalue weighted by Crippen LogP contribution is 2.24. The summed E-state index contributed by atoms with van der Waals surface area (Å²) in [5.74, 6) is -1.46. The molecule has 1 saturated heterocycles. The zero-order valence-corrected chi connectivity index (χ0v) is 18.2. The molecule has 33 heavy (non-hydrogen) atoms. The van der Waals surface area contributed by atoms with Gasteiger partial charge in [0.15, 0.2) is 11.6 Å². The standard InChI is InChI=1S/C22H25F2N5O4/c1-32-20-11-25-12-21(27-20)33-16-5-2-14(3-6-16)26-19(30)13-28-8-9-29(22(28)31)15-4-7-17(23)18(24)10-15/h4,7,10-12,14,16H,2-3,5-6,8-9,13H2,1H3,(H,26,30). The van der Waals surface area contributed by atoms with Gasteiger partial charge in [0.2, 0.25) is 17.7 Å². The van der Waals surface area contributed by atoms with E-state index in [0.717, 1.165) is 37.8 Å². The third-order valence-electron chi connectivity index (χ3n) is 5.77. The lowest BCUT2D eigenvalue weighted by atomic mass is 9.93. The minimum atomic E-state index is -1.02. The Morgan fingerprint density at radius 3 is 2.61 bits per heavy atom. The third-order valence-corrected chi connectivity index (χ3v) is 5.77. The number of nitrogens with one attached hydrogen (secondary N) is 1. The summed E-state index contributed by atoms with van der Waals surface area (Å²) < 4.78 is 37.6. The number of methoxy groups -OCH3 is 1. The molecule has 2 aromatic rings. The molecule has 3 amide bonds.